The highest BCUT2D eigenvalue weighted by Crippen LogP contribution is 2.17. The van der Waals surface area contributed by atoms with E-state index in [-0.39, 0.29) is 11.8 Å². The van der Waals surface area contributed by atoms with Gasteiger partial charge in [0.25, 0.3) is 0 Å². The van der Waals surface area contributed by atoms with Gasteiger partial charge in [-0.05, 0) is 12.8 Å². The molecule has 4 nitrogen and oxygen atoms in total. The van der Waals surface area contributed by atoms with E-state index in [0.29, 0.717) is 32.4 Å². The number of carboxylic acid groups (broad SMARTS) is 1. The maximum atomic E-state index is 11.4. The van der Waals surface area contributed by atoms with Crippen molar-refractivity contribution in [3.05, 3.63) is 0 Å². The fraction of sp³-hybridized carbons (Fsp3) is 0.778. The first-order valence-electron chi connectivity index (χ1n) is 4.71. The van der Waals surface area contributed by atoms with E-state index in [0.717, 1.165) is 4.43 Å². The molecule has 0 atom stereocenters. The van der Waals surface area contributed by atoms with Crippen molar-refractivity contribution in [2.45, 2.75) is 19.3 Å². The lowest BCUT2D eigenvalue weighted by Gasteiger charge is -2.30. The van der Waals surface area contributed by atoms with Crippen LogP contribution >= 0.6 is 22.6 Å². The first-order valence-corrected chi connectivity index (χ1v) is 6.24. The Bertz CT molecular complexity index is 224. The predicted molar refractivity (Wildman–Crippen MR) is 60.4 cm³/mol. The number of nitrogens with zero attached hydrogens (tertiary/aromatic N) is 1. The quantitative estimate of drug-likeness (QED) is 0.628. The SMILES string of the molecule is O=C(O)C1CCN(C(=O)CCI)CC1. The van der Waals surface area contributed by atoms with Crippen molar-refractivity contribution in [1.29, 1.82) is 0 Å². The van der Waals surface area contributed by atoms with Crippen LogP contribution in [0, 0.1) is 5.92 Å². The largest absolute Gasteiger partial charge is 0.481 e. The maximum absolute atomic E-state index is 11.4. The lowest BCUT2D eigenvalue weighted by molar-refractivity contribution is -0.145. The molecule has 1 amide bonds. The Morgan fingerprint density at radius 3 is 2.36 bits per heavy atom. The summed E-state index contributed by atoms with van der Waals surface area (Å²) in [5, 5.41) is 8.76. The molecule has 1 aliphatic rings. The van der Waals surface area contributed by atoms with Crippen molar-refractivity contribution in [2.75, 3.05) is 17.5 Å². The highest BCUT2D eigenvalue weighted by molar-refractivity contribution is 14.1. The second-order valence-electron chi connectivity index (χ2n) is 3.43. The van der Waals surface area contributed by atoms with Crippen LogP contribution in [0.15, 0.2) is 0 Å². The first kappa shape index (κ1) is 11.7. The Balaban J connectivity index is 2.35. The molecule has 1 N–H and O–H groups in total. The summed E-state index contributed by atoms with van der Waals surface area (Å²) in [7, 11) is 0. The Morgan fingerprint density at radius 2 is 1.93 bits per heavy atom. The van der Waals surface area contributed by atoms with Crippen LogP contribution in [0.5, 0.6) is 0 Å². The number of carbonyl (C=O) groups excluding carboxylic acids is 1. The molecule has 1 rings (SSSR count). The number of rotatable bonds is 3. The number of hydrogen-bond donors (Lipinski definition) is 1. The Labute approximate surface area is 96.8 Å². The number of amides is 1. The predicted octanol–water partition coefficient (Wildman–Crippen LogP) is 1.13. The van der Waals surface area contributed by atoms with Crippen LogP contribution in [0.4, 0.5) is 0 Å². The smallest absolute Gasteiger partial charge is 0.306 e. The van der Waals surface area contributed by atoms with Crippen LogP contribution in [-0.2, 0) is 9.59 Å². The fourth-order valence-corrected chi connectivity index (χ4v) is 2.08. The lowest BCUT2D eigenvalue weighted by Crippen LogP contribution is -2.40. The molecule has 0 saturated carbocycles. The summed E-state index contributed by atoms with van der Waals surface area (Å²) < 4.78 is 0.829. The summed E-state index contributed by atoms with van der Waals surface area (Å²) >= 11 is 2.17. The Kier molecular flexibility index (Phi) is 4.64. The average molecular weight is 311 g/mol. The molecule has 0 aromatic heterocycles. The number of likely N-dealkylation sites (tertiary alicyclic amines) is 1. The van der Waals surface area contributed by atoms with Crippen LogP contribution < -0.4 is 0 Å². The van der Waals surface area contributed by atoms with Crippen LogP contribution in [0.2, 0.25) is 0 Å². The molecule has 5 heteroatoms. The van der Waals surface area contributed by atoms with Crippen molar-refractivity contribution in [3.8, 4) is 0 Å². The molecule has 0 spiro atoms. The number of halogens is 1. The van der Waals surface area contributed by atoms with Gasteiger partial charge < -0.3 is 10.0 Å². The van der Waals surface area contributed by atoms with Crippen LogP contribution in [0.3, 0.4) is 0 Å². The van der Waals surface area contributed by atoms with E-state index < -0.39 is 5.97 Å². The van der Waals surface area contributed by atoms with Gasteiger partial charge in [0.05, 0.1) is 5.92 Å². The molecule has 0 aromatic carbocycles. The van der Waals surface area contributed by atoms with E-state index in [1.165, 1.54) is 0 Å². The summed E-state index contributed by atoms with van der Waals surface area (Å²) in [6.07, 6.45) is 1.77. The second-order valence-corrected chi connectivity index (χ2v) is 4.51. The first-order chi connectivity index (χ1) is 6.65. The molecule has 0 radical (unpaired) electrons. The van der Waals surface area contributed by atoms with E-state index in [1.54, 1.807) is 4.90 Å². The highest BCUT2D eigenvalue weighted by atomic mass is 127. The number of hydrogen-bond acceptors (Lipinski definition) is 2. The van der Waals surface area contributed by atoms with Gasteiger partial charge in [0.2, 0.25) is 5.91 Å². The van der Waals surface area contributed by atoms with Crippen LogP contribution in [0.1, 0.15) is 19.3 Å². The molecular formula is C9H14INO3. The van der Waals surface area contributed by atoms with Gasteiger partial charge in [0, 0.05) is 23.9 Å². The van der Waals surface area contributed by atoms with E-state index in [1.807, 2.05) is 0 Å². The number of carboxylic acids is 1. The number of piperidine rings is 1. The fourth-order valence-electron chi connectivity index (χ4n) is 1.61. The van der Waals surface area contributed by atoms with Gasteiger partial charge in [-0.1, -0.05) is 22.6 Å². The molecule has 1 heterocycles. The highest BCUT2D eigenvalue weighted by Gasteiger charge is 2.26. The van der Waals surface area contributed by atoms with Crippen molar-refractivity contribution in [2.24, 2.45) is 5.92 Å². The normalized spacial score (nSPS) is 18.2. The van der Waals surface area contributed by atoms with Gasteiger partial charge in [0.15, 0.2) is 0 Å². The van der Waals surface area contributed by atoms with Gasteiger partial charge >= 0.3 is 5.97 Å². The number of aliphatic carboxylic acids is 1. The van der Waals surface area contributed by atoms with Crippen molar-refractivity contribution in [1.82, 2.24) is 4.90 Å². The molecule has 0 aliphatic carbocycles. The monoisotopic (exact) mass is 311 g/mol. The molecular weight excluding hydrogens is 297 g/mol. The van der Waals surface area contributed by atoms with E-state index in [2.05, 4.69) is 22.6 Å². The zero-order valence-electron chi connectivity index (χ0n) is 7.91. The number of alkyl halides is 1. The third-order valence-electron chi connectivity index (χ3n) is 2.51. The van der Waals surface area contributed by atoms with E-state index >= 15 is 0 Å². The minimum Gasteiger partial charge on any atom is -0.481 e. The van der Waals surface area contributed by atoms with Gasteiger partial charge in [-0.3, -0.25) is 9.59 Å². The van der Waals surface area contributed by atoms with E-state index in [9.17, 15) is 9.59 Å². The molecule has 1 saturated heterocycles. The average Bonchev–Trinajstić information content (AvgIpc) is 2.18. The molecule has 80 valence electrons. The molecule has 14 heavy (non-hydrogen) atoms. The van der Waals surface area contributed by atoms with Gasteiger partial charge in [0.1, 0.15) is 0 Å². The molecule has 1 aliphatic heterocycles. The van der Waals surface area contributed by atoms with Crippen molar-refractivity contribution in [3.63, 3.8) is 0 Å². The zero-order chi connectivity index (χ0) is 10.6. The molecule has 0 bridgehead atoms. The standard InChI is InChI=1S/C9H14INO3/c10-4-1-8(12)11-5-2-7(3-6-11)9(13)14/h7H,1-6H2,(H,13,14). The summed E-state index contributed by atoms with van der Waals surface area (Å²) in [6, 6.07) is 0. The third kappa shape index (κ3) is 3.11. The number of carbonyl (C=O) groups is 2. The van der Waals surface area contributed by atoms with Gasteiger partial charge in [-0.2, -0.15) is 0 Å². The second kappa shape index (κ2) is 5.53. The Morgan fingerprint density at radius 1 is 1.36 bits per heavy atom. The van der Waals surface area contributed by atoms with Crippen molar-refractivity contribution < 1.29 is 14.7 Å². The summed E-state index contributed by atoms with van der Waals surface area (Å²) in [5.74, 6) is -0.826. The van der Waals surface area contributed by atoms with Gasteiger partial charge in [-0.25, -0.2) is 0 Å². The topological polar surface area (TPSA) is 57.6 Å². The minimum absolute atomic E-state index is 0.156. The van der Waals surface area contributed by atoms with Crippen LogP contribution in [-0.4, -0.2) is 39.4 Å². The molecule has 0 unspecified atom stereocenters. The van der Waals surface area contributed by atoms with Gasteiger partial charge in [-0.15, -0.1) is 0 Å². The summed E-state index contributed by atoms with van der Waals surface area (Å²) in [5.41, 5.74) is 0. The van der Waals surface area contributed by atoms with Crippen molar-refractivity contribution >= 4 is 34.5 Å². The minimum atomic E-state index is -0.731. The third-order valence-corrected chi connectivity index (χ3v) is 3.04. The van der Waals surface area contributed by atoms with E-state index in [4.69, 9.17) is 5.11 Å². The zero-order valence-corrected chi connectivity index (χ0v) is 10.1. The lowest BCUT2D eigenvalue weighted by atomic mass is 9.97. The summed E-state index contributed by atoms with van der Waals surface area (Å²) in [6.45, 7) is 1.21. The Hall–Kier alpha value is -0.330. The summed E-state index contributed by atoms with van der Waals surface area (Å²) in [4.78, 5) is 23.9. The van der Waals surface area contributed by atoms with Crippen LogP contribution in [0.25, 0.3) is 0 Å². The molecule has 0 aromatic rings. The maximum Gasteiger partial charge on any atom is 0.306 e. The molecule has 1 fully saturated rings.